The zero-order valence-corrected chi connectivity index (χ0v) is 11.0. The van der Waals surface area contributed by atoms with Crippen LogP contribution < -0.4 is 10.2 Å². The zero-order chi connectivity index (χ0) is 13.8. The van der Waals surface area contributed by atoms with Crippen LogP contribution in [0.1, 0.15) is 5.56 Å². The van der Waals surface area contributed by atoms with E-state index in [1.807, 2.05) is 43.3 Å². The average molecular weight is 262 g/mol. The van der Waals surface area contributed by atoms with Crippen molar-refractivity contribution in [1.82, 2.24) is 0 Å². The van der Waals surface area contributed by atoms with Crippen LogP contribution in [-0.2, 0) is 6.54 Å². The van der Waals surface area contributed by atoms with Crippen LogP contribution in [-0.4, -0.2) is 14.1 Å². The third-order valence-corrected chi connectivity index (χ3v) is 2.79. The lowest BCUT2D eigenvalue weighted by Gasteiger charge is -2.18. The smallest absolute Gasteiger partial charge is 0.126 e. The highest BCUT2D eigenvalue weighted by molar-refractivity contribution is 5.69. The van der Waals surface area contributed by atoms with Crippen molar-refractivity contribution in [1.29, 1.82) is 0 Å². The van der Waals surface area contributed by atoms with E-state index in [-0.39, 0.29) is 0 Å². The predicted octanol–water partition coefficient (Wildman–Crippen LogP) is 3.64. The third-order valence-electron chi connectivity index (χ3n) is 2.79. The first-order chi connectivity index (χ1) is 9.06. The van der Waals surface area contributed by atoms with Crippen molar-refractivity contribution in [3.63, 3.8) is 0 Å². The summed E-state index contributed by atoms with van der Waals surface area (Å²) in [6, 6.07) is 11.3. The van der Waals surface area contributed by atoms with E-state index in [1.165, 1.54) is 12.1 Å². The first-order valence-corrected chi connectivity index (χ1v) is 6.01. The van der Waals surface area contributed by atoms with Gasteiger partial charge in [-0.3, -0.25) is 0 Å². The Kier molecular flexibility index (Phi) is 4.00. The Hall–Kier alpha value is -2.10. The molecule has 0 bridgehead atoms. The molecule has 2 aromatic rings. The summed E-state index contributed by atoms with van der Waals surface area (Å²) in [4.78, 5) is 1.98. The monoisotopic (exact) mass is 262 g/mol. The Morgan fingerprint density at radius 1 is 1.00 bits per heavy atom. The molecule has 0 atom stereocenters. The fraction of sp³-hybridized carbons (Fsp3) is 0.200. The molecule has 0 aliphatic rings. The van der Waals surface area contributed by atoms with E-state index in [4.69, 9.17) is 0 Å². The fourth-order valence-electron chi connectivity index (χ4n) is 1.92. The highest BCUT2D eigenvalue weighted by atomic mass is 19.1. The van der Waals surface area contributed by atoms with Crippen LogP contribution in [0.3, 0.4) is 0 Å². The van der Waals surface area contributed by atoms with Crippen molar-refractivity contribution >= 4 is 11.4 Å². The molecule has 0 amide bonds. The molecule has 2 rings (SSSR count). The van der Waals surface area contributed by atoms with Gasteiger partial charge in [-0.1, -0.05) is 12.1 Å². The number of hydrogen-bond acceptors (Lipinski definition) is 2. The molecule has 2 aromatic carbocycles. The van der Waals surface area contributed by atoms with Crippen LogP contribution in [0, 0.1) is 11.6 Å². The van der Waals surface area contributed by atoms with E-state index in [0.717, 1.165) is 17.4 Å². The Bertz CT molecular complexity index is 548. The van der Waals surface area contributed by atoms with E-state index in [2.05, 4.69) is 5.32 Å². The maximum atomic E-state index is 13.1. The number of anilines is 2. The summed E-state index contributed by atoms with van der Waals surface area (Å²) in [5.41, 5.74) is 2.53. The molecule has 0 unspecified atom stereocenters. The summed E-state index contributed by atoms with van der Waals surface area (Å²) >= 11 is 0. The van der Waals surface area contributed by atoms with Crippen molar-refractivity contribution in [2.45, 2.75) is 6.54 Å². The highest BCUT2D eigenvalue weighted by Gasteiger charge is 2.04. The minimum absolute atomic E-state index is 0.375. The van der Waals surface area contributed by atoms with Crippen LogP contribution in [0.25, 0.3) is 0 Å². The average Bonchev–Trinajstić information content (AvgIpc) is 2.35. The summed E-state index contributed by atoms with van der Waals surface area (Å²) < 4.78 is 26.2. The quantitative estimate of drug-likeness (QED) is 0.905. The molecule has 0 heterocycles. The van der Waals surface area contributed by atoms with Crippen LogP contribution >= 0.6 is 0 Å². The van der Waals surface area contributed by atoms with Crippen LogP contribution in [0.4, 0.5) is 20.2 Å². The minimum Gasteiger partial charge on any atom is -0.379 e. The number of benzene rings is 2. The van der Waals surface area contributed by atoms with E-state index in [1.54, 1.807) is 0 Å². The zero-order valence-electron chi connectivity index (χ0n) is 11.0. The molecule has 100 valence electrons. The van der Waals surface area contributed by atoms with Gasteiger partial charge in [0.2, 0.25) is 0 Å². The summed E-state index contributed by atoms with van der Waals surface area (Å²) in [7, 11) is 3.89. The first kappa shape index (κ1) is 13.3. The molecule has 0 saturated carbocycles. The van der Waals surface area contributed by atoms with Gasteiger partial charge in [-0.25, -0.2) is 8.78 Å². The van der Waals surface area contributed by atoms with Gasteiger partial charge >= 0.3 is 0 Å². The molecular weight excluding hydrogens is 246 g/mol. The number of nitrogens with zero attached hydrogens (tertiary/aromatic N) is 1. The molecule has 0 aliphatic carbocycles. The highest BCUT2D eigenvalue weighted by Crippen LogP contribution is 2.24. The van der Waals surface area contributed by atoms with Crippen LogP contribution in [0.5, 0.6) is 0 Å². The van der Waals surface area contributed by atoms with Gasteiger partial charge in [0.1, 0.15) is 11.6 Å². The van der Waals surface area contributed by atoms with E-state index in [9.17, 15) is 8.78 Å². The number of halogens is 2. The number of para-hydroxylation sites is 2. The maximum Gasteiger partial charge on any atom is 0.126 e. The molecule has 0 fully saturated rings. The van der Waals surface area contributed by atoms with Gasteiger partial charge < -0.3 is 10.2 Å². The molecule has 19 heavy (non-hydrogen) atoms. The summed E-state index contributed by atoms with van der Waals surface area (Å²) in [5.74, 6) is -1.12. The van der Waals surface area contributed by atoms with Crippen molar-refractivity contribution in [2.75, 3.05) is 24.3 Å². The molecule has 2 nitrogen and oxygen atoms in total. The molecule has 0 saturated heterocycles. The van der Waals surface area contributed by atoms with Gasteiger partial charge in [-0.2, -0.15) is 0 Å². The van der Waals surface area contributed by atoms with Gasteiger partial charge in [0.05, 0.1) is 11.4 Å². The molecular formula is C15H16F2N2. The predicted molar refractivity (Wildman–Crippen MR) is 74.5 cm³/mol. The lowest BCUT2D eigenvalue weighted by molar-refractivity contribution is 0.580. The van der Waals surface area contributed by atoms with Gasteiger partial charge in [0.15, 0.2) is 0 Å². The largest absolute Gasteiger partial charge is 0.379 e. The van der Waals surface area contributed by atoms with Gasteiger partial charge in [-0.05, 0) is 29.8 Å². The Balaban J connectivity index is 2.14. The van der Waals surface area contributed by atoms with Gasteiger partial charge in [0, 0.05) is 26.7 Å². The molecule has 4 heteroatoms. The first-order valence-electron chi connectivity index (χ1n) is 6.01. The van der Waals surface area contributed by atoms with Crippen molar-refractivity contribution < 1.29 is 8.78 Å². The number of rotatable bonds is 4. The molecule has 0 radical (unpaired) electrons. The minimum atomic E-state index is -0.558. The van der Waals surface area contributed by atoms with Crippen molar-refractivity contribution in [2.24, 2.45) is 0 Å². The van der Waals surface area contributed by atoms with E-state index < -0.39 is 11.6 Å². The van der Waals surface area contributed by atoms with E-state index in [0.29, 0.717) is 12.1 Å². The topological polar surface area (TPSA) is 15.3 Å². The fourth-order valence-corrected chi connectivity index (χ4v) is 1.92. The Labute approximate surface area is 111 Å². The van der Waals surface area contributed by atoms with Gasteiger partial charge in [-0.15, -0.1) is 0 Å². The van der Waals surface area contributed by atoms with Crippen molar-refractivity contribution in [3.05, 3.63) is 59.7 Å². The van der Waals surface area contributed by atoms with Crippen LogP contribution in [0.2, 0.25) is 0 Å². The van der Waals surface area contributed by atoms with Gasteiger partial charge in [0.25, 0.3) is 0 Å². The number of nitrogens with one attached hydrogen (secondary N) is 1. The normalized spacial score (nSPS) is 10.3. The summed E-state index contributed by atoms with van der Waals surface area (Å²) in [6.45, 7) is 0.375. The summed E-state index contributed by atoms with van der Waals surface area (Å²) in [6.07, 6.45) is 0. The Morgan fingerprint density at radius 3 is 2.26 bits per heavy atom. The maximum absolute atomic E-state index is 13.1. The standard InChI is InChI=1S/C15H16F2N2/c1-19(2)15-6-4-3-5-14(15)18-10-11-7-12(16)9-13(17)8-11/h3-9,18H,10H2,1-2H3. The van der Waals surface area contributed by atoms with Crippen molar-refractivity contribution in [3.8, 4) is 0 Å². The number of hydrogen-bond donors (Lipinski definition) is 1. The van der Waals surface area contributed by atoms with Crippen LogP contribution in [0.15, 0.2) is 42.5 Å². The molecule has 0 aromatic heterocycles. The summed E-state index contributed by atoms with van der Waals surface area (Å²) in [5, 5.41) is 3.19. The second kappa shape index (κ2) is 5.69. The molecule has 1 N–H and O–H groups in total. The molecule has 0 spiro atoms. The second-order valence-corrected chi connectivity index (χ2v) is 4.54. The third kappa shape index (κ3) is 3.44. The van der Waals surface area contributed by atoms with E-state index >= 15 is 0 Å². The molecule has 0 aliphatic heterocycles. The lowest BCUT2D eigenvalue weighted by Crippen LogP contribution is -2.12. The SMILES string of the molecule is CN(C)c1ccccc1NCc1cc(F)cc(F)c1. The Morgan fingerprint density at radius 2 is 1.63 bits per heavy atom. The second-order valence-electron chi connectivity index (χ2n) is 4.54. The lowest BCUT2D eigenvalue weighted by atomic mass is 10.2.